The summed E-state index contributed by atoms with van der Waals surface area (Å²) in [6.45, 7) is 3.91. The van der Waals surface area contributed by atoms with Crippen LogP contribution < -0.4 is 4.74 Å². The molecule has 2 aromatic carbocycles. The first-order valence-corrected chi connectivity index (χ1v) is 5.99. The van der Waals surface area contributed by atoms with Gasteiger partial charge in [0.1, 0.15) is 24.3 Å². The maximum atomic E-state index is 13.7. The smallest absolute Gasteiger partial charge is 0.129 e. The quantitative estimate of drug-likeness (QED) is 0.832. The Hall–Kier alpha value is -2.13. The third-order valence-corrected chi connectivity index (χ3v) is 2.77. The van der Waals surface area contributed by atoms with Crippen LogP contribution in [0.15, 0.2) is 61.2 Å². The van der Waals surface area contributed by atoms with E-state index in [1.807, 2.05) is 0 Å². The molecule has 2 nitrogen and oxygen atoms in total. The minimum atomic E-state index is -1.05. The molecule has 0 amide bonds. The Balaban J connectivity index is 2.36. The molecule has 0 fully saturated rings. The molecule has 0 aliphatic carbocycles. The molecule has 0 saturated carbocycles. The van der Waals surface area contributed by atoms with Gasteiger partial charge in [0.15, 0.2) is 0 Å². The first-order valence-electron chi connectivity index (χ1n) is 5.99. The highest BCUT2D eigenvalue weighted by Gasteiger charge is 2.18. The van der Waals surface area contributed by atoms with Crippen LogP contribution >= 0.6 is 0 Å². The van der Waals surface area contributed by atoms with Gasteiger partial charge in [0.05, 0.1) is 0 Å². The number of hydrogen-bond donors (Lipinski definition) is 1. The molecule has 0 radical (unpaired) electrons. The van der Waals surface area contributed by atoms with Crippen LogP contribution in [0.2, 0.25) is 0 Å². The molecular weight excluding hydrogens is 243 g/mol. The van der Waals surface area contributed by atoms with Crippen LogP contribution in [-0.2, 0) is 0 Å². The number of para-hydroxylation sites is 1. The van der Waals surface area contributed by atoms with Crippen molar-refractivity contribution in [3.63, 3.8) is 0 Å². The van der Waals surface area contributed by atoms with Gasteiger partial charge in [-0.3, -0.25) is 0 Å². The van der Waals surface area contributed by atoms with Crippen molar-refractivity contribution in [1.29, 1.82) is 0 Å². The molecule has 0 aromatic heterocycles. The molecule has 0 spiro atoms. The van der Waals surface area contributed by atoms with Gasteiger partial charge in [-0.25, -0.2) is 4.39 Å². The minimum Gasteiger partial charge on any atom is -0.489 e. The van der Waals surface area contributed by atoms with E-state index >= 15 is 0 Å². The molecule has 0 heterocycles. The average Bonchev–Trinajstić information content (AvgIpc) is 2.45. The summed E-state index contributed by atoms with van der Waals surface area (Å²) < 4.78 is 19.2. The number of benzene rings is 2. The second kappa shape index (κ2) is 6.16. The zero-order chi connectivity index (χ0) is 13.7. The first-order chi connectivity index (χ1) is 9.24. The molecule has 0 aliphatic heterocycles. The van der Waals surface area contributed by atoms with E-state index in [0.29, 0.717) is 17.9 Å². The molecule has 0 bridgehead atoms. The summed E-state index contributed by atoms with van der Waals surface area (Å²) in [5, 5.41) is 10.3. The second-order valence-corrected chi connectivity index (χ2v) is 4.06. The molecule has 2 rings (SSSR count). The number of ether oxygens (including phenoxy) is 1. The number of hydrogen-bond acceptors (Lipinski definition) is 2. The highest BCUT2D eigenvalue weighted by atomic mass is 19.1. The Kier molecular flexibility index (Phi) is 4.31. The van der Waals surface area contributed by atoms with Crippen LogP contribution in [0.25, 0.3) is 0 Å². The van der Waals surface area contributed by atoms with Crippen LogP contribution in [0.5, 0.6) is 5.75 Å². The topological polar surface area (TPSA) is 29.5 Å². The summed E-state index contributed by atoms with van der Waals surface area (Å²) in [6.07, 6.45) is 0.564. The molecule has 1 atom stereocenters. The largest absolute Gasteiger partial charge is 0.489 e. The van der Waals surface area contributed by atoms with Gasteiger partial charge in [0.25, 0.3) is 0 Å². The lowest BCUT2D eigenvalue weighted by atomic mass is 10.0. The number of aliphatic hydroxyl groups excluding tert-OH is 1. The van der Waals surface area contributed by atoms with E-state index in [-0.39, 0.29) is 5.56 Å². The summed E-state index contributed by atoms with van der Waals surface area (Å²) in [5.41, 5.74) is 0.770. The monoisotopic (exact) mass is 258 g/mol. The van der Waals surface area contributed by atoms with Crippen molar-refractivity contribution >= 4 is 0 Å². The molecule has 98 valence electrons. The molecule has 1 unspecified atom stereocenters. The van der Waals surface area contributed by atoms with Crippen LogP contribution in [0.3, 0.4) is 0 Å². The van der Waals surface area contributed by atoms with Gasteiger partial charge >= 0.3 is 0 Å². The zero-order valence-corrected chi connectivity index (χ0v) is 10.4. The predicted octanol–water partition coefficient (Wildman–Crippen LogP) is 3.47. The summed E-state index contributed by atoms with van der Waals surface area (Å²) in [7, 11) is 0. The lowest BCUT2D eigenvalue weighted by molar-refractivity contribution is 0.208. The predicted molar refractivity (Wildman–Crippen MR) is 72.6 cm³/mol. The molecule has 1 N–H and O–H groups in total. The highest BCUT2D eigenvalue weighted by molar-refractivity contribution is 5.40. The van der Waals surface area contributed by atoms with Crippen molar-refractivity contribution in [2.75, 3.05) is 6.61 Å². The van der Waals surface area contributed by atoms with Crippen molar-refractivity contribution in [1.82, 2.24) is 0 Å². The Morgan fingerprint density at radius 1 is 1.11 bits per heavy atom. The fourth-order valence-corrected chi connectivity index (χ4v) is 1.85. The Labute approximate surface area is 111 Å². The summed E-state index contributed by atoms with van der Waals surface area (Å²) in [5.74, 6) is 0.0895. The Bertz CT molecular complexity index is 566. The molecule has 2 aromatic rings. The lowest BCUT2D eigenvalue weighted by Crippen LogP contribution is -2.05. The van der Waals surface area contributed by atoms with Crippen LogP contribution in [-0.4, -0.2) is 11.7 Å². The Morgan fingerprint density at radius 3 is 2.42 bits per heavy atom. The average molecular weight is 258 g/mol. The minimum absolute atomic E-state index is 0.233. The van der Waals surface area contributed by atoms with Gasteiger partial charge in [-0.1, -0.05) is 49.1 Å². The lowest BCUT2D eigenvalue weighted by Gasteiger charge is -2.16. The van der Waals surface area contributed by atoms with E-state index in [0.717, 1.165) is 0 Å². The van der Waals surface area contributed by atoms with Gasteiger partial charge in [-0.05, 0) is 12.1 Å². The maximum Gasteiger partial charge on any atom is 0.129 e. The summed E-state index contributed by atoms with van der Waals surface area (Å²) in [6, 6.07) is 13.2. The molecule has 0 saturated heterocycles. The normalized spacial score (nSPS) is 11.9. The van der Waals surface area contributed by atoms with Gasteiger partial charge in [0, 0.05) is 11.1 Å². The molecule has 3 heteroatoms. The van der Waals surface area contributed by atoms with Crippen LogP contribution in [0, 0.1) is 5.82 Å². The molecule has 0 aliphatic rings. The van der Waals surface area contributed by atoms with E-state index in [2.05, 4.69) is 6.58 Å². The third-order valence-electron chi connectivity index (χ3n) is 2.77. The van der Waals surface area contributed by atoms with E-state index in [1.54, 1.807) is 48.5 Å². The number of halogens is 1. The van der Waals surface area contributed by atoms with E-state index in [1.165, 1.54) is 6.07 Å². The van der Waals surface area contributed by atoms with Crippen molar-refractivity contribution in [3.8, 4) is 5.75 Å². The van der Waals surface area contributed by atoms with Crippen molar-refractivity contribution in [2.45, 2.75) is 6.10 Å². The molecule has 19 heavy (non-hydrogen) atoms. The van der Waals surface area contributed by atoms with Gasteiger partial charge in [0.2, 0.25) is 0 Å². The van der Waals surface area contributed by atoms with E-state index in [4.69, 9.17) is 4.74 Å². The summed E-state index contributed by atoms with van der Waals surface area (Å²) in [4.78, 5) is 0. The standard InChI is InChI=1S/C16H15FO2/c1-2-11-19-15-10-6-4-8-13(15)16(18)12-7-3-5-9-14(12)17/h2-10,16,18H,1,11H2. The third kappa shape index (κ3) is 3.01. The van der Waals surface area contributed by atoms with Gasteiger partial charge in [-0.2, -0.15) is 0 Å². The first kappa shape index (κ1) is 13.3. The van der Waals surface area contributed by atoms with Crippen molar-refractivity contribution in [3.05, 3.63) is 78.1 Å². The van der Waals surface area contributed by atoms with E-state index in [9.17, 15) is 9.50 Å². The second-order valence-electron chi connectivity index (χ2n) is 4.06. The molecular formula is C16H15FO2. The fraction of sp³-hybridized carbons (Fsp3) is 0.125. The van der Waals surface area contributed by atoms with Crippen LogP contribution in [0.4, 0.5) is 4.39 Å². The SMILES string of the molecule is C=CCOc1ccccc1C(O)c1ccccc1F. The van der Waals surface area contributed by atoms with Gasteiger partial charge in [-0.15, -0.1) is 0 Å². The van der Waals surface area contributed by atoms with Gasteiger partial charge < -0.3 is 9.84 Å². The fourth-order valence-electron chi connectivity index (χ4n) is 1.85. The van der Waals surface area contributed by atoms with E-state index < -0.39 is 11.9 Å². The number of rotatable bonds is 5. The zero-order valence-electron chi connectivity index (χ0n) is 10.4. The Morgan fingerprint density at radius 2 is 1.74 bits per heavy atom. The maximum absolute atomic E-state index is 13.7. The highest BCUT2D eigenvalue weighted by Crippen LogP contribution is 2.31. The van der Waals surface area contributed by atoms with Crippen molar-refractivity contribution < 1.29 is 14.2 Å². The summed E-state index contributed by atoms with van der Waals surface area (Å²) >= 11 is 0. The van der Waals surface area contributed by atoms with Crippen LogP contribution in [0.1, 0.15) is 17.2 Å². The van der Waals surface area contributed by atoms with Crippen molar-refractivity contribution in [2.24, 2.45) is 0 Å². The number of aliphatic hydroxyl groups is 1.